The molecule has 0 saturated carbocycles. The van der Waals surface area contributed by atoms with Crippen molar-refractivity contribution in [2.75, 3.05) is 0 Å². The van der Waals surface area contributed by atoms with Gasteiger partial charge in [-0.2, -0.15) is 5.10 Å². The number of fused-ring (bicyclic) bond motifs is 2. The zero-order valence-corrected chi connectivity index (χ0v) is 16.9. The van der Waals surface area contributed by atoms with Crippen LogP contribution in [0.2, 0.25) is 0 Å². The Hall–Kier alpha value is -4.47. The van der Waals surface area contributed by atoms with E-state index in [2.05, 4.69) is 46.8 Å². The molecule has 0 aliphatic carbocycles. The first-order valence-corrected chi connectivity index (χ1v) is 9.52. The number of nitrogens with zero attached hydrogens (tertiary/aromatic N) is 8. The summed E-state index contributed by atoms with van der Waals surface area (Å²) in [5, 5.41) is 8.33. The maximum atomic E-state index is 4.81. The Morgan fingerprint density at radius 1 is 1.19 bits per heavy atom. The Kier molecular flexibility index (Phi) is 4.43. The van der Waals surface area contributed by atoms with Crippen LogP contribution in [0, 0.1) is 6.92 Å². The number of aliphatic imine (C=N–C) groups is 2. The van der Waals surface area contributed by atoms with Crippen molar-refractivity contribution in [3.05, 3.63) is 54.8 Å². The first-order valence-electron chi connectivity index (χ1n) is 9.52. The number of nitrogens with one attached hydrogen (secondary N) is 2. The van der Waals surface area contributed by atoms with Crippen molar-refractivity contribution < 1.29 is 0 Å². The van der Waals surface area contributed by atoms with Gasteiger partial charge in [-0.1, -0.05) is 0 Å². The second-order valence-corrected chi connectivity index (χ2v) is 6.83. The van der Waals surface area contributed by atoms with Crippen LogP contribution in [0.15, 0.2) is 53.4 Å². The van der Waals surface area contributed by atoms with Gasteiger partial charge < -0.3 is 9.55 Å². The molecule has 10 nitrogen and oxygen atoms in total. The van der Waals surface area contributed by atoms with Gasteiger partial charge in [-0.15, -0.1) is 0 Å². The Labute approximate surface area is 176 Å². The fourth-order valence-corrected chi connectivity index (χ4v) is 3.34. The topological polar surface area (TPSA) is 126 Å². The zero-order valence-electron chi connectivity index (χ0n) is 16.9. The Morgan fingerprint density at radius 3 is 2.87 bits per heavy atom. The van der Waals surface area contributed by atoms with Gasteiger partial charge in [-0.25, -0.2) is 9.97 Å². The van der Waals surface area contributed by atoms with Gasteiger partial charge in [0, 0.05) is 17.8 Å². The number of aromatic amines is 2. The lowest BCUT2D eigenvalue weighted by atomic mass is 10.2. The summed E-state index contributed by atoms with van der Waals surface area (Å²) < 4.78 is 1.90. The fourth-order valence-electron chi connectivity index (χ4n) is 3.34. The van der Waals surface area contributed by atoms with Gasteiger partial charge >= 0.3 is 0 Å². The number of hydrogen-bond donors (Lipinski definition) is 2. The number of rotatable bonds is 5. The van der Waals surface area contributed by atoms with Crippen LogP contribution in [0.3, 0.4) is 0 Å². The molecule has 0 unspecified atom stereocenters. The van der Waals surface area contributed by atoms with E-state index in [9.17, 15) is 0 Å². The normalized spacial score (nSPS) is 12.4. The number of imidazole rings is 2. The van der Waals surface area contributed by atoms with Gasteiger partial charge in [-0.05, 0) is 26.6 Å². The molecule has 2 N–H and O–H groups in total. The van der Waals surface area contributed by atoms with E-state index in [4.69, 9.17) is 4.98 Å². The lowest BCUT2D eigenvalue weighted by Gasteiger charge is -2.01. The van der Waals surface area contributed by atoms with Crippen LogP contribution >= 0.6 is 0 Å². The highest BCUT2D eigenvalue weighted by atomic mass is 15.1. The minimum absolute atomic E-state index is 0.568. The molecule has 10 heteroatoms. The first-order chi connectivity index (χ1) is 15.2. The molecule has 152 valence electrons. The highest BCUT2D eigenvalue weighted by Crippen LogP contribution is 2.29. The van der Waals surface area contributed by atoms with Crippen LogP contribution in [0.5, 0.6) is 0 Å². The average molecular weight is 410 g/mol. The third kappa shape index (κ3) is 3.19. The van der Waals surface area contributed by atoms with E-state index in [-0.39, 0.29) is 0 Å². The minimum atomic E-state index is 0.568. The van der Waals surface area contributed by atoms with E-state index < -0.39 is 0 Å². The standard InChI is InChI=1S/C21H18N10/c1-4-23-6-16(22-3)14-5-13-15(8-25-14)29-30-19(13)21-27-17-7-24-9-18(20(17)28-21)31-10-12(2)26-11-31/h4-11H,3H2,1-2H3,(H,27,28)(H,29,30)/b16-6-,23-4-. The van der Waals surface area contributed by atoms with Crippen LogP contribution in [0.25, 0.3) is 44.8 Å². The second-order valence-electron chi connectivity index (χ2n) is 6.83. The molecule has 0 bridgehead atoms. The van der Waals surface area contributed by atoms with Crippen molar-refractivity contribution in [3.63, 3.8) is 0 Å². The van der Waals surface area contributed by atoms with Crippen LogP contribution in [-0.2, 0) is 0 Å². The van der Waals surface area contributed by atoms with Crippen molar-refractivity contribution in [3.8, 4) is 17.2 Å². The zero-order chi connectivity index (χ0) is 21.4. The molecule has 5 aromatic heterocycles. The molecule has 0 atom stereocenters. The summed E-state index contributed by atoms with van der Waals surface area (Å²) in [5.74, 6) is 0.619. The third-order valence-electron chi connectivity index (χ3n) is 4.81. The van der Waals surface area contributed by atoms with E-state index in [1.165, 1.54) is 0 Å². The molecule has 0 aliphatic heterocycles. The summed E-state index contributed by atoms with van der Waals surface area (Å²) in [6.45, 7) is 7.39. The molecule has 0 amide bonds. The van der Waals surface area contributed by atoms with Gasteiger partial charge in [-0.3, -0.25) is 25.1 Å². The lowest BCUT2D eigenvalue weighted by Crippen LogP contribution is -1.92. The van der Waals surface area contributed by atoms with E-state index in [0.717, 1.165) is 33.3 Å². The summed E-state index contributed by atoms with van der Waals surface area (Å²) in [7, 11) is 0. The molecule has 5 aromatic rings. The van der Waals surface area contributed by atoms with Crippen molar-refractivity contribution in [1.82, 2.24) is 39.7 Å². The molecule has 0 aromatic carbocycles. The van der Waals surface area contributed by atoms with E-state index in [0.29, 0.717) is 22.9 Å². The average Bonchev–Trinajstić information content (AvgIpc) is 3.51. The molecule has 0 saturated heterocycles. The molecule has 0 radical (unpaired) electrons. The fraction of sp³-hybridized carbons (Fsp3) is 0.0952. The number of pyridine rings is 2. The molecule has 0 aliphatic rings. The van der Waals surface area contributed by atoms with Crippen LogP contribution in [-0.4, -0.2) is 52.6 Å². The lowest BCUT2D eigenvalue weighted by molar-refractivity contribution is 1.05. The monoisotopic (exact) mass is 410 g/mol. The molecule has 31 heavy (non-hydrogen) atoms. The van der Waals surface area contributed by atoms with Gasteiger partial charge in [0.1, 0.15) is 16.9 Å². The SMILES string of the molecule is C=N/C(=C\N=C/C)c1cc2c(-c3nc4c(-n5cnc(C)c5)cncc4[nH]3)n[nH]c2cn1. The number of H-pyrrole nitrogens is 2. The molecule has 5 heterocycles. The van der Waals surface area contributed by atoms with Crippen LogP contribution in [0.1, 0.15) is 18.3 Å². The van der Waals surface area contributed by atoms with Crippen molar-refractivity contribution in [2.24, 2.45) is 9.98 Å². The molecule has 0 spiro atoms. The maximum absolute atomic E-state index is 4.81. The van der Waals surface area contributed by atoms with Gasteiger partial charge in [0.05, 0.1) is 59.2 Å². The molecular weight excluding hydrogens is 392 g/mol. The second kappa shape index (κ2) is 7.41. The number of aryl methyl sites for hydroxylation is 1. The van der Waals surface area contributed by atoms with E-state index in [1.807, 2.05) is 30.7 Å². The predicted octanol–water partition coefficient (Wildman–Crippen LogP) is 3.48. The quantitative estimate of drug-likeness (QED) is 0.429. The summed E-state index contributed by atoms with van der Waals surface area (Å²) in [6, 6.07) is 1.89. The van der Waals surface area contributed by atoms with Crippen molar-refractivity contribution in [2.45, 2.75) is 13.8 Å². The van der Waals surface area contributed by atoms with E-state index >= 15 is 0 Å². The Balaban J connectivity index is 1.66. The van der Waals surface area contributed by atoms with Crippen LogP contribution in [0.4, 0.5) is 0 Å². The van der Waals surface area contributed by atoms with Gasteiger partial charge in [0.2, 0.25) is 0 Å². The number of aromatic nitrogens is 8. The van der Waals surface area contributed by atoms with Crippen molar-refractivity contribution in [1.29, 1.82) is 0 Å². The third-order valence-corrected chi connectivity index (χ3v) is 4.81. The summed E-state index contributed by atoms with van der Waals surface area (Å²) in [5.41, 5.74) is 5.99. The summed E-state index contributed by atoms with van der Waals surface area (Å²) >= 11 is 0. The minimum Gasteiger partial charge on any atom is -0.335 e. The molecular formula is C21H18N10. The largest absolute Gasteiger partial charge is 0.335 e. The van der Waals surface area contributed by atoms with Gasteiger partial charge in [0.25, 0.3) is 0 Å². The highest BCUT2D eigenvalue weighted by molar-refractivity contribution is 5.95. The predicted molar refractivity (Wildman–Crippen MR) is 120 cm³/mol. The molecule has 5 rings (SSSR count). The summed E-state index contributed by atoms with van der Waals surface area (Å²) in [6.07, 6.45) is 12.2. The van der Waals surface area contributed by atoms with Crippen molar-refractivity contribution >= 4 is 40.6 Å². The highest BCUT2D eigenvalue weighted by Gasteiger charge is 2.17. The Morgan fingerprint density at radius 2 is 2.10 bits per heavy atom. The van der Waals surface area contributed by atoms with Crippen LogP contribution < -0.4 is 0 Å². The Bertz CT molecular complexity index is 1480. The number of hydrogen-bond acceptors (Lipinski definition) is 7. The smallest absolute Gasteiger partial charge is 0.159 e. The van der Waals surface area contributed by atoms with E-state index in [1.54, 1.807) is 37.3 Å². The summed E-state index contributed by atoms with van der Waals surface area (Å²) in [4.78, 5) is 29.4. The first kappa shape index (κ1) is 18.6. The molecule has 0 fully saturated rings. The van der Waals surface area contributed by atoms with Gasteiger partial charge in [0.15, 0.2) is 5.82 Å². The maximum Gasteiger partial charge on any atom is 0.159 e.